The minimum atomic E-state index is -0.542. The summed E-state index contributed by atoms with van der Waals surface area (Å²) >= 11 is 0. The maximum Gasteiger partial charge on any atom is 0.305 e. The minimum Gasteiger partial charge on any atom is -0.463 e. The Morgan fingerprint density at radius 2 is 1.86 bits per heavy atom. The molecule has 2 rings (SSSR count). The molecule has 2 N–H and O–H groups in total. The van der Waals surface area contributed by atoms with Crippen LogP contribution < -0.4 is 0 Å². The molecule has 2 fully saturated rings. The predicted octanol–water partition coefficient (Wildman–Crippen LogP) is 3.68. The summed E-state index contributed by atoms with van der Waals surface area (Å²) in [6, 6.07) is 0. The van der Waals surface area contributed by atoms with Crippen LogP contribution in [0.2, 0.25) is 0 Å². The lowest BCUT2D eigenvalue weighted by atomic mass is 9.89. The summed E-state index contributed by atoms with van der Waals surface area (Å²) in [6.45, 7) is 6.52. The van der Waals surface area contributed by atoms with Crippen molar-refractivity contribution in [3.05, 3.63) is 23.8 Å². The lowest BCUT2D eigenvalue weighted by Gasteiger charge is -2.19. The smallest absolute Gasteiger partial charge is 0.305 e. The molecule has 2 saturated carbocycles. The van der Waals surface area contributed by atoms with Crippen LogP contribution in [0.15, 0.2) is 23.8 Å². The molecule has 0 bridgehead atoms. The van der Waals surface area contributed by atoms with Gasteiger partial charge in [-0.05, 0) is 56.8 Å². The van der Waals surface area contributed by atoms with Gasteiger partial charge < -0.3 is 29.2 Å². The van der Waals surface area contributed by atoms with Crippen molar-refractivity contribution in [2.24, 2.45) is 23.7 Å². The average Bonchev–Trinajstić information content (AvgIpc) is 3.38. The molecular formula is C29H46O7. The number of aliphatic hydroxyl groups is 2. The van der Waals surface area contributed by atoms with Gasteiger partial charge in [-0.3, -0.25) is 4.79 Å². The second-order valence-corrected chi connectivity index (χ2v) is 9.89. The van der Waals surface area contributed by atoms with Gasteiger partial charge in [0, 0.05) is 25.9 Å². The Labute approximate surface area is 217 Å². The second kappa shape index (κ2) is 17.7. The molecule has 0 spiro atoms. The van der Waals surface area contributed by atoms with E-state index in [0.717, 1.165) is 32.1 Å². The third-order valence-electron chi connectivity index (χ3n) is 7.14. The van der Waals surface area contributed by atoms with Gasteiger partial charge in [-0.2, -0.15) is 0 Å². The molecule has 0 aromatic heterocycles. The molecule has 7 nitrogen and oxygen atoms in total. The fourth-order valence-corrected chi connectivity index (χ4v) is 5.06. The van der Waals surface area contributed by atoms with Crippen LogP contribution in [0.1, 0.15) is 58.8 Å². The topological polar surface area (TPSA) is 94.5 Å². The predicted molar refractivity (Wildman–Crippen MR) is 139 cm³/mol. The fourth-order valence-electron chi connectivity index (χ4n) is 5.06. The van der Waals surface area contributed by atoms with Crippen molar-refractivity contribution in [3.63, 3.8) is 0 Å². The summed E-state index contributed by atoms with van der Waals surface area (Å²) in [5.41, 5.74) is 1.43. The quantitative estimate of drug-likeness (QED) is 0.135. The molecule has 6 atom stereocenters. The number of methoxy groups -OCH3 is 1. The summed E-state index contributed by atoms with van der Waals surface area (Å²) in [6.07, 6.45) is 10.8. The highest BCUT2D eigenvalue weighted by molar-refractivity contribution is 5.69. The summed E-state index contributed by atoms with van der Waals surface area (Å²) in [7, 11) is 1.63. The number of carbonyl (C=O) groups is 1. The molecular weight excluding hydrogens is 460 g/mol. The first-order chi connectivity index (χ1) is 17.5. The van der Waals surface area contributed by atoms with Crippen LogP contribution in [0.4, 0.5) is 0 Å². The number of hydrogen-bond donors (Lipinski definition) is 2. The molecule has 0 aromatic rings. The van der Waals surface area contributed by atoms with Crippen molar-refractivity contribution in [3.8, 4) is 11.8 Å². The van der Waals surface area contributed by atoms with E-state index in [2.05, 4.69) is 17.9 Å². The molecule has 0 radical (unpaired) electrons. The van der Waals surface area contributed by atoms with E-state index in [4.69, 9.17) is 18.9 Å². The van der Waals surface area contributed by atoms with Gasteiger partial charge in [-0.1, -0.05) is 30.7 Å². The van der Waals surface area contributed by atoms with Crippen LogP contribution in [0, 0.1) is 35.5 Å². The maximum atomic E-state index is 11.9. The summed E-state index contributed by atoms with van der Waals surface area (Å²) in [5.74, 6) is 6.79. The van der Waals surface area contributed by atoms with Crippen LogP contribution in [0.5, 0.6) is 0 Å². The summed E-state index contributed by atoms with van der Waals surface area (Å²) < 4.78 is 20.8. The van der Waals surface area contributed by atoms with E-state index in [1.165, 1.54) is 5.57 Å². The van der Waals surface area contributed by atoms with E-state index < -0.39 is 6.10 Å². The molecule has 0 aromatic carbocycles. The molecule has 1 unspecified atom stereocenters. The van der Waals surface area contributed by atoms with Crippen LogP contribution in [0.3, 0.4) is 0 Å². The Balaban J connectivity index is 1.61. The van der Waals surface area contributed by atoms with E-state index in [1.807, 2.05) is 26.0 Å². The Morgan fingerprint density at radius 1 is 1.14 bits per heavy atom. The molecule has 0 heterocycles. The third-order valence-corrected chi connectivity index (χ3v) is 7.14. The summed E-state index contributed by atoms with van der Waals surface area (Å²) in [5, 5.41) is 21.0. The molecule has 2 aliphatic rings. The van der Waals surface area contributed by atoms with Gasteiger partial charge in [0.15, 0.2) is 0 Å². The lowest BCUT2D eigenvalue weighted by Crippen LogP contribution is -2.19. The zero-order valence-corrected chi connectivity index (χ0v) is 22.3. The van der Waals surface area contributed by atoms with Crippen molar-refractivity contribution in [1.29, 1.82) is 0 Å². The Kier molecular flexibility index (Phi) is 15.0. The number of fused-ring (bicyclic) bond motifs is 1. The molecule has 2 aliphatic carbocycles. The highest BCUT2D eigenvalue weighted by atomic mass is 16.6. The van der Waals surface area contributed by atoms with Crippen molar-refractivity contribution in [2.75, 3.05) is 46.8 Å². The van der Waals surface area contributed by atoms with Crippen molar-refractivity contribution in [2.45, 2.75) is 71.0 Å². The van der Waals surface area contributed by atoms with Crippen molar-refractivity contribution in [1.82, 2.24) is 0 Å². The van der Waals surface area contributed by atoms with Gasteiger partial charge in [0.2, 0.25) is 0 Å². The maximum absolute atomic E-state index is 11.9. The third kappa shape index (κ3) is 11.1. The number of ether oxygens (including phenoxy) is 4. The second-order valence-electron chi connectivity index (χ2n) is 9.89. The monoisotopic (exact) mass is 506 g/mol. The molecule has 204 valence electrons. The Morgan fingerprint density at radius 3 is 2.58 bits per heavy atom. The normalized spacial score (nSPS) is 26.1. The molecule has 0 saturated heterocycles. The number of carbonyl (C=O) groups excluding carboxylic acids is 1. The number of rotatable bonds is 17. The van der Waals surface area contributed by atoms with Gasteiger partial charge >= 0.3 is 5.97 Å². The fraction of sp³-hybridized carbons (Fsp3) is 0.759. The van der Waals surface area contributed by atoms with E-state index in [-0.39, 0.29) is 30.5 Å². The van der Waals surface area contributed by atoms with Crippen LogP contribution in [0.25, 0.3) is 0 Å². The van der Waals surface area contributed by atoms with Gasteiger partial charge in [-0.25, -0.2) is 0 Å². The first-order valence-corrected chi connectivity index (χ1v) is 13.4. The van der Waals surface area contributed by atoms with E-state index in [9.17, 15) is 15.0 Å². The van der Waals surface area contributed by atoms with E-state index >= 15 is 0 Å². The zero-order chi connectivity index (χ0) is 26.2. The number of esters is 1. The van der Waals surface area contributed by atoms with Crippen LogP contribution in [-0.2, 0) is 23.7 Å². The van der Waals surface area contributed by atoms with E-state index in [1.54, 1.807) is 7.11 Å². The first kappa shape index (κ1) is 30.5. The zero-order valence-electron chi connectivity index (χ0n) is 22.3. The number of unbranched alkanes of at least 4 members (excludes halogenated alkanes) is 1. The van der Waals surface area contributed by atoms with Crippen molar-refractivity contribution >= 4 is 5.97 Å². The largest absolute Gasteiger partial charge is 0.463 e. The first-order valence-electron chi connectivity index (χ1n) is 13.4. The highest BCUT2D eigenvalue weighted by Gasteiger charge is 2.44. The lowest BCUT2D eigenvalue weighted by molar-refractivity contribution is -0.145. The SMILES string of the molecule is CC#CCC(C)[C@H](O)/C=C/[C@@H]1[C@H]2C/C(=C\CCCC(=O)OCCOCCOCCOC)C[C@H]2C[C@H]1O. The number of allylic oxidation sites excluding steroid dienone is 2. The summed E-state index contributed by atoms with van der Waals surface area (Å²) in [4.78, 5) is 11.9. The van der Waals surface area contributed by atoms with Crippen LogP contribution in [-0.4, -0.2) is 75.1 Å². The molecule has 0 aliphatic heterocycles. The standard InChI is InChI=1S/C29H46O7/c1-4-5-8-22(2)27(30)12-11-25-26-20-23(19-24(26)21-28(25)31)9-6-7-10-29(32)36-18-17-35-16-15-34-14-13-33-3/h9,11-12,22,24-28,30-31H,6-8,10,13-21H2,1-3H3/b12-11+,23-9-/t22?,24-,25+,26-,27+,28+/m0/s1. The van der Waals surface area contributed by atoms with E-state index in [0.29, 0.717) is 57.7 Å². The van der Waals surface area contributed by atoms with Crippen molar-refractivity contribution < 1.29 is 34.0 Å². The molecule has 0 amide bonds. The van der Waals surface area contributed by atoms with Gasteiger partial charge in [0.25, 0.3) is 0 Å². The molecule has 36 heavy (non-hydrogen) atoms. The highest BCUT2D eigenvalue weighted by Crippen LogP contribution is 2.50. The average molecular weight is 507 g/mol. The van der Waals surface area contributed by atoms with Crippen LogP contribution >= 0.6 is 0 Å². The Hall–Kier alpha value is -1.69. The number of hydrogen-bond acceptors (Lipinski definition) is 7. The number of aliphatic hydroxyl groups excluding tert-OH is 2. The van der Waals surface area contributed by atoms with Gasteiger partial charge in [0.1, 0.15) is 6.61 Å². The Bertz CT molecular complexity index is 750. The van der Waals surface area contributed by atoms with Gasteiger partial charge in [0.05, 0.1) is 45.2 Å². The minimum absolute atomic E-state index is 0.0760. The van der Waals surface area contributed by atoms with Gasteiger partial charge in [-0.15, -0.1) is 11.8 Å². The molecule has 7 heteroatoms.